The zero-order valence-corrected chi connectivity index (χ0v) is 14.3. The number of hydrogen-bond acceptors (Lipinski definition) is 4. The van der Waals surface area contributed by atoms with Gasteiger partial charge in [0, 0.05) is 41.4 Å². The number of fused-ring (bicyclic) bond motifs is 1. The predicted molar refractivity (Wildman–Crippen MR) is 95.1 cm³/mol. The lowest BCUT2D eigenvalue weighted by molar-refractivity contribution is -0.132. The quantitative estimate of drug-likeness (QED) is 0.792. The van der Waals surface area contributed by atoms with Gasteiger partial charge in [-0.2, -0.15) is 5.10 Å². The number of pyridine rings is 1. The maximum Gasteiger partial charge on any atom is 0.222 e. The molecule has 4 rings (SSSR count). The highest BCUT2D eigenvalue weighted by Gasteiger charge is 2.25. The fourth-order valence-corrected chi connectivity index (χ4v) is 4.07. The van der Waals surface area contributed by atoms with E-state index in [0.29, 0.717) is 12.3 Å². The lowest BCUT2D eigenvalue weighted by Gasteiger charge is -2.32. The van der Waals surface area contributed by atoms with E-state index in [4.69, 9.17) is 0 Å². The zero-order valence-electron chi connectivity index (χ0n) is 13.4. The van der Waals surface area contributed by atoms with E-state index in [2.05, 4.69) is 38.8 Å². The number of H-pyrrole nitrogens is 1. The molecule has 1 aliphatic heterocycles. The molecule has 0 bridgehead atoms. The van der Waals surface area contributed by atoms with Crippen LogP contribution < -0.4 is 0 Å². The van der Waals surface area contributed by atoms with Gasteiger partial charge in [-0.25, -0.2) is 4.98 Å². The molecule has 0 aromatic carbocycles. The second-order valence-electron chi connectivity index (χ2n) is 6.30. The molecule has 3 aromatic rings. The van der Waals surface area contributed by atoms with Crippen LogP contribution in [0.15, 0.2) is 35.8 Å². The third-order valence-electron chi connectivity index (χ3n) is 4.68. The van der Waals surface area contributed by atoms with Gasteiger partial charge in [-0.05, 0) is 42.8 Å². The van der Waals surface area contributed by atoms with Crippen molar-refractivity contribution in [3.63, 3.8) is 0 Å². The molecule has 0 aliphatic carbocycles. The summed E-state index contributed by atoms with van der Waals surface area (Å²) in [5, 5.41) is 10.0. The summed E-state index contributed by atoms with van der Waals surface area (Å²) in [6.07, 6.45) is 5.35. The lowest BCUT2D eigenvalue weighted by Crippen LogP contribution is -2.39. The van der Waals surface area contributed by atoms with Crippen molar-refractivity contribution in [1.82, 2.24) is 20.1 Å². The zero-order chi connectivity index (χ0) is 16.4. The molecule has 1 aliphatic rings. The monoisotopic (exact) mass is 340 g/mol. The predicted octanol–water partition coefficient (Wildman–Crippen LogP) is 3.36. The highest BCUT2D eigenvalue weighted by Crippen LogP contribution is 2.27. The van der Waals surface area contributed by atoms with Gasteiger partial charge in [0.1, 0.15) is 0 Å². The van der Waals surface area contributed by atoms with E-state index in [1.54, 1.807) is 17.5 Å². The van der Waals surface area contributed by atoms with Gasteiger partial charge >= 0.3 is 0 Å². The first-order valence-electron chi connectivity index (χ1n) is 8.40. The summed E-state index contributed by atoms with van der Waals surface area (Å²) in [5.41, 5.74) is 1.89. The Bertz CT molecular complexity index is 827. The summed E-state index contributed by atoms with van der Waals surface area (Å²) >= 11 is 1.72. The van der Waals surface area contributed by atoms with Crippen LogP contribution in [0, 0.1) is 0 Å². The fourth-order valence-electron chi connectivity index (χ4n) is 3.36. The van der Waals surface area contributed by atoms with Gasteiger partial charge in [-0.1, -0.05) is 6.07 Å². The molecule has 124 valence electrons. The Kier molecular flexibility index (Phi) is 4.30. The van der Waals surface area contributed by atoms with Crippen molar-refractivity contribution in [3.05, 3.63) is 46.4 Å². The Morgan fingerprint density at radius 1 is 1.38 bits per heavy atom. The third kappa shape index (κ3) is 3.19. The molecule has 0 saturated carbocycles. The highest BCUT2D eigenvalue weighted by molar-refractivity contribution is 7.09. The summed E-state index contributed by atoms with van der Waals surface area (Å²) < 4.78 is 0. The van der Waals surface area contributed by atoms with Crippen LogP contribution >= 0.6 is 11.3 Å². The number of amides is 1. The normalized spacial score (nSPS) is 18.2. The Labute approximate surface area is 144 Å². The van der Waals surface area contributed by atoms with Crippen molar-refractivity contribution in [3.8, 4) is 0 Å². The van der Waals surface area contributed by atoms with E-state index in [-0.39, 0.29) is 5.91 Å². The number of aryl methyl sites for hydroxylation is 1. The molecule has 1 fully saturated rings. The number of nitrogens with zero attached hydrogens (tertiary/aromatic N) is 3. The van der Waals surface area contributed by atoms with Crippen LogP contribution in [-0.2, 0) is 11.2 Å². The molecule has 1 amide bonds. The minimum absolute atomic E-state index is 0.260. The maximum absolute atomic E-state index is 12.5. The van der Waals surface area contributed by atoms with Crippen molar-refractivity contribution in [2.24, 2.45) is 0 Å². The van der Waals surface area contributed by atoms with Gasteiger partial charge in [0.25, 0.3) is 0 Å². The number of piperidine rings is 1. The van der Waals surface area contributed by atoms with E-state index < -0.39 is 0 Å². The molecule has 1 saturated heterocycles. The number of likely N-dealkylation sites (tertiary alicyclic amines) is 1. The summed E-state index contributed by atoms with van der Waals surface area (Å²) in [6, 6.07) is 8.26. The van der Waals surface area contributed by atoms with Crippen molar-refractivity contribution < 1.29 is 4.79 Å². The van der Waals surface area contributed by atoms with Crippen LogP contribution in [0.25, 0.3) is 11.0 Å². The molecule has 6 heteroatoms. The van der Waals surface area contributed by atoms with E-state index in [9.17, 15) is 4.79 Å². The van der Waals surface area contributed by atoms with Crippen molar-refractivity contribution >= 4 is 28.3 Å². The first-order chi connectivity index (χ1) is 11.8. The molecule has 0 unspecified atom stereocenters. The van der Waals surface area contributed by atoms with Crippen LogP contribution in [0.3, 0.4) is 0 Å². The van der Waals surface area contributed by atoms with Crippen LogP contribution in [-0.4, -0.2) is 39.1 Å². The number of carbonyl (C=O) groups excluding carboxylic acids is 1. The highest BCUT2D eigenvalue weighted by atomic mass is 32.1. The summed E-state index contributed by atoms with van der Waals surface area (Å²) in [7, 11) is 0. The SMILES string of the molecule is O=C(CCc1cccs1)N1CCC[C@@H](c2ccc3cn[nH]c3n2)C1. The van der Waals surface area contributed by atoms with Crippen molar-refractivity contribution in [2.45, 2.75) is 31.6 Å². The first kappa shape index (κ1) is 15.3. The minimum atomic E-state index is 0.260. The number of aromatic amines is 1. The molecule has 3 aromatic heterocycles. The Morgan fingerprint density at radius 3 is 3.21 bits per heavy atom. The van der Waals surface area contributed by atoms with Crippen molar-refractivity contribution in [2.75, 3.05) is 13.1 Å². The topological polar surface area (TPSA) is 61.9 Å². The number of nitrogens with one attached hydrogen (secondary N) is 1. The second kappa shape index (κ2) is 6.73. The number of aromatic nitrogens is 3. The summed E-state index contributed by atoms with van der Waals surface area (Å²) in [5.74, 6) is 0.577. The van der Waals surface area contributed by atoms with Crippen LogP contribution in [0.5, 0.6) is 0 Å². The largest absolute Gasteiger partial charge is 0.342 e. The van der Waals surface area contributed by atoms with Gasteiger partial charge in [-0.3, -0.25) is 9.89 Å². The molecule has 1 atom stereocenters. The smallest absolute Gasteiger partial charge is 0.222 e. The van der Waals surface area contributed by atoms with Gasteiger partial charge in [-0.15, -0.1) is 11.3 Å². The Morgan fingerprint density at radius 2 is 2.33 bits per heavy atom. The molecular weight excluding hydrogens is 320 g/mol. The molecule has 0 radical (unpaired) electrons. The summed E-state index contributed by atoms with van der Waals surface area (Å²) in [4.78, 5) is 20.5. The molecule has 1 N–H and O–H groups in total. The van der Waals surface area contributed by atoms with Crippen LogP contribution in [0.1, 0.15) is 35.8 Å². The first-order valence-corrected chi connectivity index (χ1v) is 9.28. The minimum Gasteiger partial charge on any atom is -0.342 e. The average molecular weight is 340 g/mol. The second-order valence-corrected chi connectivity index (χ2v) is 7.33. The van der Waals surface area contributed by atoms with E-state index in [1.165, 1.54) is 4.88 Å². The Hall–Kier alpha value is -2.21. The fraction of sp³-hybridized carbons (Fsp3) is 0.389. The van der Waals surface area contributed by atoms with Gasteiger partial charge in [0.2, 0.25) is 5.91 Å². The lowest BCUT2D eigenvalue weighted by atomic mass is 9.94. The molecule has 4 heterocycles. The average Bonchev–Trinajstić information content (AvgIpc) is 3.30. The molecule has 5 nitrogen and oxygen atoms in total. The molecule has 24 heavy (non-hydrogen) atoms. The van der Waals surface area contributed by atoms with E-state index in [1.807, 2.05) is 11.0 Å². The third-order valence-corrected chi connectivity index (χ3v) is 5.62. The van der Waals surface area contributed by atoms with Gasteiger partial charge in [0.15, 0.2) is 5.65 Å². The standard InChI is InChI=1S/C18H20N4OS/c23-17(8-6-15-4-2-10-24-15)22-9-1-3-14(12-22)16-7-5-13-11-19-21-18(13)20-16/h2,4-5,7,10-11,14H,1,3,6,8-9,12H2,(H,19,20,21)/t14-/m1/s1. The van der Waals surface area contributed by atoms with Gasteiger partial charge < -0.3 is 4.90 Å². The van der Waals surface area contributed by atoms with Crippen LogP contribution in [0.2, 0.25) is 0 Å². The Balaban J connectivity index is 1.41. The van der Waals surface area contributed by atoms with Gasteiger partial charge in [0.05, 0.1) is 6.20 Å². The van der Waals surface area contributed by atoms with E-state index >= 15 is 0 Å². The maximum atomic E-state index is 12.5. The number of carbonyl (C=O) groups is 1. The molecular formula is C18H20N4OS. The number of thiophene rings is 1. The van der Waals surface area contributed by atoms with Crippen molar-refractivity contribution in [1.29, 1.82) is 0 Å². The van der Waals surface area contributed by atoms with E-state index in [0.717, 1.165) is 49.1 Å². The molecule has 0 spiro atoms. The van der Waals surface area contributed by atoms with Crippen LogP contribution in [0.4, 0.5) is 0 Å². The number of hydrogen-bond donors (Lipinski definition) is 1. The number of rotatable bonds is 4. The summed E-state index contributed by atoms with van der Waals surface area (Å²) in [6.45, 7) is 1.64.